The summed E-state index contributed by atoms with van der Waals surface area (Å²) in [7, 11) is 0. The minimum absolute atomic E-state index is 0.0282. The van der Waals surface area contributed by atoms with Gasteiger partial charge < -0.3 is 24.6 Å². The Hall–Kier alpha value is -2.89. The molecule has 150 valence electrons. The molecule has 0 bridgehead atoms. The van der Waals surface area contributed by atoms with Crippen LogP contribution < -0.4 is 19.7 Å². The van der Waals surface area contributed by atoms with E-state index in [1.54, 1.807) is 0 Å². The van der Waals surface area contributed by atoms with Gasteiger partial charge in [0, 0.05) is 32.7 Å². The summed E-state index contributed by atoms with van der Waals surface area (Å²) in [6, 6.07) is 15.9. The van der Waals surface area contributed by atoms with Crippen molar-refractivity contribution >= 4 is 11.7 Å². The van der Waals surface area contributed by atoms with Crippen LogP contribution >= 0.6 is 0 Å². The Balaban J connectivity index is 1.51. The van der Waals surface area contributed by atoms with E-state index in [9.17, 15) is 4.79 Å². The number of hydrogen-bond donors (Lipinski definition) is 1. The second-order valence-electron chi connectivity index (χ2n) is 6.61. The Morgan fingerprint density at radius 3 is 2.46 bits per heavy atom. The van der Waals surface area contributed by atoms with Crippen molar-refractivity contribution in [3.8, 4) is 11.5 Å². The normalized spacial score (nSPS) is 13.9. The number of nitrogens with one attached hydrogen (secondary N) is 1. The van der Waals surface area contributed by atoms with Gasteiger partial charge in [0.25, 0.3) is 0 Å². The van der Waals surface area contributed by atoms with Crippen LogP contribution in [0.5, 0.6) is 11.5 Å². The fourth-order valence-electron chi connectivity index (χ4n) is 3.35. The van der Waals surface area contributed by atoms with E-state index in [4.69, 9.17) is 9.47 Å². The van der Waals surface area contributed by atoms with E-state index in [0.29, 0.717) is 32.8 Å². The number of nitrogens with zero attached hydrogens (tertiary/aromatic N) is 2. The van der Waals surface area contributed by atoms with Gasteiger partial charge in [0.05, 0.1) is 18.9 Å². The lowest BCUT2D eigenvalue weighted by Gasteiger charge is -2.36. The van der Waals surface area contributed by atoms with Gasteiger partial charge in [-0.1, -0.05) is 24.3 Å². The Morgan fingerprint density at radius 1 is 0.964 bits per heavy atom. The first-order chi connectivity index (χ1) is 13.7. The lowest BCUT2D eigenvalue weighted by atomic mass is 10.2. The quantitative estimate of drug-likeness (QED) is 0.795. The van der Waals surface area contributed by atoms with Crippen LogP contribution in [0.1, 0.15) is 19.4 Å². The predicted molar refractivity (Wildman–Crippen MR) is 111 cm³/mol. The molecule has 1 aliphatic heterocycles. The molecule has 1 aliphatic rings. The molecule has 0 spiro atoms. The van der Waals surface area contributed by atoms with Crippen molar-refractivity contribution < 1.29 is 14.3 Å². The Morgan fingerprint density at radius 2 is 1.71 bits per heavy atom. The molecule has 0 unspecified atom stereocenters. The number of amides is 2. The molecule has 28 heavy (non-hydrogen) atoms. The summed E-state index contributed by atoms with van der Waals surface area (Å²) < 4.78 is 11.2. The highest BCUT2D eigenvalue weighted by Crippen LogP contribution is 2.28. The third-order valence-corrected chi connectivity index (χ3v) is 4.73. The molecule has 6 nitrogen and oxygen atoms in total. The van der Waals surface area contributed by atoms with Crippen LogP contribution in [-0.4, -0.2) is 50.3 Å². The minimum Gasteiger partial charge on any atom is -0.494 e. The van der Waals surface area contributed by atoms with Crippen molar-refractivity contribution in [2.75, 3.05) is 44.3 Å². The van der Waals surface area contributed by atoms with Gasteiger partial charge in [-0.2, -0.15) is 0 Å². The first-order valence-corrected chi connectivity index (χ1v) is 9.92. The summed E-state index contributed by atoms with van der Waals surface area (Å²) in [5, 5.41) is 3.01. The highest BCUT2D eigenvalue weighted by molar-refractivity contribution is 5.74. The maximum absolute atomic E-state index is 12.5. The molecule has 2 aromatic rings. The molecule has 1 N–H and O–H groups in total. The van der Waals surface area contributed by atoms with E-state index in [1.165, 1.54) is 0 Å². The SMILES string of the molecule is CCOc1cccc(CNC(=O)N2CCN(c3ccccc3OCC)CC2)c1. The zero-order chi connectivity index (χ0) is 19.8. The molecule has 0 saturated carbocycles. The Kier molecular flexibility index (Phi) is 7.00. The standard InChI is InChI=1S/C22H29N3O3/c1-3-27-19-9-7-8-18(16-19)17-23-22(26)25-14-12-24(13-15-25)20-10-5-6-11-21(20)28-4-2/h5-11,16H,3-4,12-15,17H2,1-2H3,(H,23,26). The van der Waals surface area contributed by atoms with Crippen LogP contribution in [0.4, 0.5) is 10.5 Å². The summed E-state index contributed by atoms with van der Waals surface area (Å²) in [4.78, 5) is 16.7. The van der Waals surface area contributed by atoms with E-state index >= 15 is 0 Å². The molecular formula is C22H29N3O3. The van der Waals surface area contributed by atoms with Gasteiger partial charge >= 0.3 is 6.03 Å². The van der Waals surface area contributed by atoms with Gasteiger partial charge in [-0.05, 0) is 43.7 Å². The predicted octanol–water partition coefficient (Wildman–Crippen LogP) is 3.52. The smallest absolute Gasteiger partial charge is 0.317 e. The van der Waals surface area contributed by atoms with E-state index in [1.807, 2.05) is 61.2 Å². The van der Waals surface area contributed by atoms with E-state index in [2.05, 4.69) is 16.3 Å². The molecule has 1 saturated heterocycles. The highest BCUT2D eigenvalue weighted by Gasteiger charge is 2.22. The number of ether oxygens (including phenoxy) is 2. The van der Waals surface area contributed by atoms with E-state index < -0.39 is 0 Å². The van der Waals surface area contributed by atoms with E-state index in [-0.39, 0.29) is 6.03 Å². The molecule has 2 aromatic carbocycles. The summed E-state index contributed by atoms with van der Waals surface area (Å²) in [6.45, 7) is 8.67. The van der Waals surface area contributed by atoms with Crippen molar-refractivity contribution in [1.29, 1.82) is 0 Å². The van der Waals surface area contributed by atoms with Crippen LogP contribution in [0.25, 0.3) is 0 Å². The van der Waals surface area contributed by atoms with Crippen LogP contribution in [0.15, 0.2) is 48.5 Å². The molecule has 2 amide bonds. The third-order valence-electron chi connectivity index (χ3n) is 4.73. The number of benzene rings is 2. The molecule has 1 heterocycles. The number of anilines is 1. The second-order valence-corrected chi connectivity index (χ2v) is 6.61. The zero-order valence-corrected chi connectivity index (χ0v) is 16.7. The Labute approximate surface area is 167 Å². The number of para-hydroxylation sites is 2. The summed E-state index contributed by atoms with van der Waals surface area (Å²) in [5.41, 5.74) is 2.13. The minimum atomic E-state index is -0.0282. The van der Waals surface area contributed by atoms with Gasteiger partial charge in [-0.15, -0.1) is 0 Å². The van der Waals surface area contributed by atoms with Gasteiger partial charge in [-0.25, -0.2) is 4.79 Å². The maximum atomic E-state index is 12.5. The van der Waals surface area contributed by atoms with Crippen molar-refractivity contribution in [2.24, 2.45) is 0 Å². The maximum Gasteiger partial charge on any atom is 0.317 e. The number of hydrogen-bond acceptors (Lipinski definition) is 4. The number of carbonyl (C=O) groups is 1. The van der Waals surface area contributed by atoms with Gasteiger partial charge in [-0.3, -0.25) is 0 Å². The molecule has 0 aliphatic carbocycles. The zero-order valence-electron chi connectivity index (χ0n) is 16.7. The average Bonchev–Trinajstić information content (AvgIpc) is 2.73. The first-order valence-electron chi connectivity index (χ1n) is 9.92. The Bertz CT molecular complexity index is 773. The molecule has 0 aromatic heterocycles. The third kappa shape index (κ3) is 5.09. The number of urea groups is 1. The molecule has 1 fully saturated rings. The molecule has 0 atom stereocenters. The number of piperazine rings is 1. The topological polar surface area (TPSA) is 54.0 Å². The van der Waals surface area contributed by atoms with Crippen molar-refractivity contribution in [3.05, 3.63) is 54.1 Å². The summed E-state index contributed by atoms with van der Waals surface area (Å²) in [6.07, 6.45) is 0. The van der Waals surface area contributed by atoms with Crippen LogP contribution in [-0.2, 0) is 6.54 Å². The van der Waals surface area contributed by atoms with Crippen LogP contribution in [0, 0.1) is 0 Å². The summed E-state index contributed by atoms with van der Waals surface area (Å²) >= 11 is 0. The molecular weight excluding hydrogens is 354 g/mol. The monoisotopic (exact) mass is 383 g/mol. The lowest BCUT2D eigenvalue weighted by molar-refractivity contribution is 0.193. The highest BCUT2D eigenvalue weighted by atomic mass is 16.5. The molecule has 6 heteroatoms. The fraction of sp³-hybridized carbons (Fsp3) is 0.409. The van der Waals surface area contributed by atoms with Crippen LogP contribution in [0.2, 0.25) is 0 Å². The van der Waals surface area contributed by atoms with Gasteiger partial charge in [0.1, 0.15) is 11.5 Å². The van der Waals surface area contributed by atoms with Gasteiger partial charge in [0.15, 0.2) is 0 Å². The van der Waals surface area contributed by atoms with Crippen molar-refractivity contribution in [3.63, 3.8) is 0 Å². The second kappa shape index (κ2) is 9.88. The first kappa shape index (κ1) is 19.9. The fourth-order valence-corrected chi connectivity index (χ4v) is 3.35. The molecule has 0 radical (unpaired) electrons. The number of rotatable bonds is 7. The summed E-state index contributed by atoms with van der Waals surface area (Å²) in [5.74, 6) is 1.73. The average molecular weight is 383 g/mol. The van der Waals surface area contributed by atoms with Crippen LogP contribution in [0.3, 0.4) is 0 Å². The van der Waals surface area contributed by atoms with E-state index in [0.717, 1.165) is 35.8 Å². The molecule has 3 rings (SSSR count). The van der Waals surface area contributed by atoms with Crippen molar-refractivity contribution in [2.45, 2.75) is 20.4 Å². The van der Waals surface area contributed by atoms with Gasteiger partial charge in [0.2, 0.25) is 0 Å². The lowest BCUT2D eigenvalue weighted by Crippen LogP contribution is -2.51. The number of carbonyl (C=O) groups excluding carboxylic acids is 1. The van der Waals surface area contributed by atoms with Crippen molar-refractivity contribution in [1.82, 2.24) is 10.2 Å². The largest absolute Gasteiger partial charge is 0.494 e.